The number of anilines is 1. The Morgan fingerprint density at radius 2 is 2.19 bits per heavy atom. The van der Waals surface area contributed by atoms with Crippen LogP contribution < -0.4 is 5.32 Å². The second-order valence-electron chi connectivity index (χ2n) is 3.37. The topological polar surface area (TPSA) is 56.3 Å². The third-order valence-corrected chi connectivity index (χ3v) is 1.98. The normalized spacial score (nSPS) is 10.4. The molecule has 5 nitrogen and oxygen atoms in total. The Morgan fingerprint density at radius 1 is 1.31 bits per heavy atom. The molecule has 0 amide bonds. The van der Waals surface area contributed by atoms with Crippen molar-refractivity contribution in [2.24, 2.45) is 0 Å². The lowest BCUT2D eigenvalue weighted by molar-refractivity contribution is 0.0705. The molecule has 0 aromatic carbocycles. The zero-order valence-corrected chi connectivity index (χ0v) is 9.90. The van der Waals surface area contributed by atoms with Gasteiger partial charge in [-0.2, -0.15) is 0 Å². The van der Waals surface area contributed by atoms with Gasteiger partial charge in [0, 0.05) is 26.5 Å². The number of nitrogens with one attached hydrogen (secondary N) is 1. The van der Waals surface area contributed by atoms with Crippen molar-refractivity contribution in [1.82, 2.24) is 9.97 Å². The van der Waals surface area contributed by atoms with Gasteiger partial charge in [0.15, 0.2) is 0 Å². The average molecular weight is 225 g/mol. The molecule has 0 atom stereocenters. The molecule has 0 unspecified atom stereocenters. The van der Waals surface area contributed by atoms with E-state index in [0.29, 0.717) is 13.2 Å². The molecule has 0 aliphatic heterocycles. The standard InChI is InChI=1S/C11H19N3O2/c1-10-12-6-4-11(14-10)13-5-3-7-16-9-8-15-2/h4,6H,3,5,7-9H2,1-2H3,(H,12,13,14). The fourth-order valence-corrected chi connectivity index (χ4v) is 1.19. The minimum absolute atomic E-state index is 0.651. The third-order valence-electron chi connectivity index (χ3n) is 1.98. The highest BCUT2D eigenvalue weighted by atomic mass is 16.5. The zero-order chi connectivity index (χ0) is 11.6. The largest absolute Gasteiger partial charge is 0.382 e. The van der Waals surface area contributed by atoms with Gasteiger partial charge < -0.3 is 14.8 Å². The van der Waals surface area contributed by atoms with E-state index in [-0.39, 0.29) is 0 Å². The van der Waals surface area contributed by atoms with Crippen molar-refractivity contribution < 1.29 is 9.47 Å². The van der Waals surface area contributed by atoms with Gasteiger partial charge in [0.05, 0.1) is 13.2 Å². The van der Waals surface area contributed by atoms with Crippen LogP contribution in [0.5, 0.6) is 0 Å². The molecule has 0 fully saturated rings. The maximum absolute atomic E-state index is 5.34. The smallest absolute Gasteiger partial charge is 0.129 e. The van der Waals surface area contributed by atoms with Gasteiger partial charge >= 0.3 is 0 Å². The lowest BCUT2D eigenvalue weighted by Gasteiger charge is -2.06. The Morgan fingerprint density at radius 3 is 2.94 bits per heavy atom. The molecule has 5 heteroatoms. The van der Waals surface area contributed by atoms with Gasteiger partial charge in [-0.15, -0.1) is 0 Å². The summed E-state index contributed by atoms with van der Waals surface area (Å²) < 4.78 is 10.2. The number of ether oxygens (including phenoxy) is 2. The van der Waals surface area contributed by atoms with E-state index in [1.54, 1.807) is 13.3 Å². The maximum atomic E-state index is 5.34. The molecular formula is C11H19N3O2. The van der Waals surface area contributed by atoms with Crippen LogP contribution in [0.3, 0.4) is 0 Å². The summed E-state index contributed by atoms with van der Waals surface area (Å²) in [5.74, 6) is 1.64. The van der Waals surface area contributed by atoms with Crippen LogP contribution in [0.2, 0.25) is 0 Å². The monoisotopic (exact) mass is 225 g/mol. The van der Waals surface area contributed by atoms with Gasteiger partial charge in [0.1, 0.15) is 11.6 Å². The van der Waals surface area contributed by atoms with E-state index in [9.17, 15) is 0 Å². The van der Waals surface area contributed by atoms with Crippen molar-refractivity contribution in [3.05, 3.63) is 18.1 Å². The second kappa shape index (κ2) is 8.01. The summed E-state index contributed by atoms with van der Waals surface area (Å²) in [5.41, 5.74) is 0. The summed E-state index contributed by atoms with van der Waals surface area (Å²) >= 11 is 0. The molecule has 0 bridgehead atoms. The van der Waals surface area contributed by atoms with E-state index in [0.717, 1.165) is 31.2 Å². The van der Waals surface area contributed by atoms with E-state index in [1.165, 1.54) is 0 Å². The Kier molecular flexibility index (Phi) is 6.44. The van der Waals surface area contributed by atoms with Crippen molar-refractivity contribution in [3.63, 3.8) is 0 Å². The van der Waals surface area contributed by atoms with E-state index in [2.05, 4.69) is 15.3 Å². The molecule has 0 aliphatic rings. The number of nitrogens with zero attached hydrogens (tertiary/aromatic N) is 2. The van der Waals surface area contributed by atoms with Crippen LogP contribution >= 0.6 is 0 Å². The number of hydrogen-bond donors (Lipinski definition) is 1. The van der Waals surface area contributed by atoms with Crippen LogP contribution in [0, 0.1) is 6.92 Å². The number of aryl methyl sites for hydroxylation is 1. The molecule has 1 heterocycles. The Bertz CT molecular complexity index is 294. The summed E-state index contributed by atoms with van der Waals surface area (Å²) in [4.78, 5) is 8.27. The molecule has 1 aromatic rings. The number of aromatic nitrogens is 2. The van der Waals surface area contributed by atoms with Gasteiger partial charge in [0.25, 0.3) is 0 Å². The SMILES string of the molecule is COCCOCCCNc1ccnc(C)n1. The first-order valence-electron chi connectivity index (χ1n) is 5.43. The van der Waals surface area contributed by atoms with Crippen molar-refractivity contribution in [2.75, 3.05) is 38.8 Å². The highest BCUT2D eigenvalue weighted by Crippen LogP contribution is 2.00. The van der Waals surface area contributed by atoms with Gasteiger partial charge in [-0.25, -0.2) is 9.97 Å². The Labute approximate surface area is 96.2 Å². The van der Waals surface area contributed by atoms with Crippen molar-refractivity contribution >= 4 is 5.82 Å². The second-order valence-corrected chi connectivity index (χ2v) is 3.37. The predicted octanol–water partition coefficient (Wildman–Crippen LogP) is 1.25. The summed E-state index contributed by atoms with van der Waals surface area (Å²) in [6.45, 7) is 4.77. The average Bonchev–Trinajstić information content (AvgIpc) is 2.28. The zero-order valence-electron chi connectivity index (χ0n) is 9.90. The fourth-order valence-electron chi connectivity index (χ4n) is 1.19. The molecule has 1 N–H and O–H groups in total. The van der Waals surface area contributed by atoms with Crippen molar-refractivity contribution in [2.45, 2.75) is 13.3 Å². The Balaban J connectivity index is 2.03. The molecule has 0 radical (unpaired) electrons. The van der Waals surface area contributed by atoms with Gasteiger partial charge in [-0.05, 0) is 19.4 Å². The summed E-state index contributed by atoms with van der Waals surface area (Å²) in [7, 11) is 1.67. The third kappa shape index (κ3) is 5.63. The van der Waals surface area contributed by atoms with E-state index < -0.39 is 0 Å². The minimum atomic E-state index is 0.651. The number of hydrogen-bond acceptors (Lipinski definition) is 5. The minimum Gasteiger partial charge on any atom is -0.382 e. The van der Waals surface area contributed by atoms with Crippen LogP contribution in [-0.4, -0.2) is 43.4 Å². The molecule has 90 valence electrons. The lowest BCUT2D eigenvalue weighted by atomic mass is 10.4. The molecule has 16 heavy (non-hydrogen) atoms. The van der Waals surface area contributed by atoms with E-state index in [1.807, 2.05) is 13.0 Å². The fraction of sp³-hybridized carbons (Fsp3) is 0.636. The van der Waals surface area contributed by atoms with Gasteiger partial charge in [0.2, 0.25) is 0 Å². The molecule has 0 spiro atoms. The molecule has 0 aliphatic carbocycles. The van der Waals surface area contributed by atoms with E-state index >= 15 is 0 Å². The van der Waals surface area contributed by atoms with Crippen LogP contribution in [0.1, 0.15) is 12.2 Å². The Hall–Kier alpha value is -1.20. The highest BCUT2D eigenvalue weighted by molar-refractivity contribution is 5.32. The summed E-state index contributed by atoms with van der Waals surface area (Å²) in [6.07, 6.45) is 2.70. The van der Waals surface area contributed by atoms with Crippen LogP contribution in [-0.2, 0) is 9.47 Å². The molecule has 0 saturated carbocycles. The number of methoxy groups -OCH3 is 1. The molecule has 1 rings (SSSR count). The van der Waals surface area contributed by atoms with Crippen molar-refractivity contribution in [3.8, 4) is 0 Å². The first-order chi connectivity index (χ1) is 7.83. The first kappa shape index (κ1) is 12.9. The lowest BCUT2D eigenvalue weighted by Crippen LogP contribution is -2.09. The van der Waals surface area contributed by atoms with Gasteiger partial charge in [-0.3, -0.25) is 0 Å². The van der Waals surface area contributed by atoms with Crippen LogP contribution in [0.15, 0.2) is 12.3 Å². The van der Waals surface area contributed by atoms with E-state index in [4.69, 9.17) is 9.47 Å². The summed E-state index contributed by atoms with van der Waals surface area (Å²) in [5, 5.41) is 3.21. The van der Waals surface area contributed by atoms with Crippen LogP contribution in [0.4, 0.5) is 5.82 Å². The van der Waals surface area contributed by atoms with Gasteiger partial charge in [-0.1, -0.05) is 0 Å². The number of rotatable bonds is 8. The highest BCUT2D eigenvalue weighted by Gasteiger charge is 1.94. The summed E-state index contributed by atoms with van der Waals surface area (Å²) in [6, 6.07) is 1.86. The van der Waals surface area contributed by atoms with Crippen molar-refractivity contribution in [1.29, 1.82) is 0 Å². The maximum Gasteiger partial charge on any atom is 0.129 e. The first-order valence-corrected chi connectivity index (χ1v) is 5.43. The quantitative estimate of drug-likeness (QED) is 0.675. The molecule has 0 saturated heterocycles. The van der Waals surface area contributed by atoms with Crippen LogP contribution in [0.25, 0.3) is 0 Å². The molecular weight excluding hydrogens is 206 g/mol. The molecule has 1 aromatic heterocycles. The predicted molar refractivity (Wildman–Crippen MR) is 62.6 cm³/mol.